The molecule has 4 N–H and O–H groups in total. The molecule has 80 valence electrons. The summed E-state index contributed by atoms with van der Waals surface area (Å²) >= 11 is 0. The van der Waals surface area contributed by atoms with Crippen molar-refractivity contribution in [3.63, 3.8) is 0 Å². The van der Waals surface area contributed by atoms with Crippen LogP contribution in [0, 0.1) is 5.41 Å². The standard InChI is InChI=1S/C9H18N4O/c10-8(11)4-5-12-9(14)13-6-2-1-3-7-13/h1-7H2,(H3,10,11)(H,12,14). The molecule has 0 saturated carbocycles. The summed E-state index contributed by atoms with van der Waals surface area (Å²) in [7, 11) is 0. The van der Waals surface area contributed by atoms with Gasteiger partial charge in [0.05, 0.1) is 5.84 Å². The Bertz CT molecular complexity index is 211. The number of rotatable bonds is 3. The molecular weight excluding hydrogens is 180 g/mol. The van der Waals surface area contributed by atoms with Crippen molar-refractivity contribution >= 4 is 11.9 Å². The quantitative estimate of drug-likeness (QED) is 0.456. The van der Waals surface area contributed by atoms with E-state index in [-0.39, 0.29) is 11.9 Å². The molecule has 0 aliphatic carbocycles. The summed E-state index contributed by atoms with van der Waals surface area (Å²) in [5.74, 6) is 0.115. The van der Waals surface area contributed by atoms with E-state index in [4.69, 9.17) is 11.1 Å². The zero-order valence-corrected chi connectivity index (χ0v) is 8.38. The van der Waals surface area contributed by atoms with E-state index in [1.54, 1.807) is 0 Å². The van der Waals surface area contributed by atoms with E-state index in [9.17, 15) is 4.79 Å². The van der Waals surface area contributed by atoms with Crippen molar-refractivity contribution in [1.29, 1.82) is 5.41 Å². The number of amidine groups is 1. The highest BCUT2D eigenvalue weighted by atomic mass is 16.2. The summed E-state index contributed by atoms with van der Waals surface area (Å²) < 4.78 is 0. The highest BCUT2D eigenvalue weighted by Gasteiger charge is 2.15. The number of carbonyl (C=O) groups is 1. The molecule has 1 aliphatic heterocycles. The van der Waals surface area contributed by atoms with E-state index in [0.717, 1.165) is 25.9 Å². The molecule has 1 saturated heterocycles. The molecule has 0 aromatic carbocycles. The Morgan fingerprint density at radius 3 is 2.57 bits per heavy atom. The van der Waals surface area contributed by atoms with Crippen molar-refractivity contribution in [2.24, 2.45) is 5.73 Å². The second-order valence-electron chi connectivity index (χ2n) is 3.55. The van der Waals surface area contributed by atoms with E-state index in [1.807, 2.05) is 4.90 Å². The molecule has 0 unspecified atom stereocenters. The first-order chi connectivity index (χ1) is 6.70. The molecule has 0 atom stereocenters. The third kappa shape index (κ3) is 3.64. The summed E-state index contributed by atoms with van der Waals surface area (Å²) in [5.41, 5.74) is 5.18. The predicted octanol–water partition coefficient (Wildman–Crippen LogP) is 0.508. The van der Waals surface area contributed by atoms with Gasteiger partial charge in [0.2, 0.25) is 0 Å². The SMILES string of the molecule is N=C(N)CCNC(=O)N1CCCCC1. The average Bonchev–Trinajstić information content (AvgIpc) is 2.18. The molecule has 0 aromatic rings. The minimum absolute atomic E-state index is 0.0223. The topological polar surface area (TPSA) is 82.2 Å². The van der Waals surface area contributed by atoms with Gasteiger partial charge in [0.15, 0.2) is 0 Å². The number of hydrogen-bond acceptors (Lipinski definition) is 2. The molecule has 1 rings (SSSR count). The summed E-state index contributed by atoms with van der Waals surface area (Å²) in [4.78, 5) is 13.3. The van der Waals surface area contributed by atoms with Crippen LogP contribution in [-0.4, -0.2) is 36.4 Å². The minimum atomic E-state index is -0.0223. The number of carbonyl (C=O) groups excluding carboxylic acids is 1. The van der Waals surface area contributed by atoms with Gasteiger partial charge in [-0.1, -0.05) is 0 Å². The van der Waals surface area contributed by atoms with Gasteiger partial charge in [-0.15, -0.1) is 0 Å². The number of nitrogens with one attached hydrogen (secondary N) is 2. The van der Waals surface area contributed by atoms with Crippen molar-refractivity contribution in [2.45, 2.75) is 25.7 Å². The molecule has 5 nitrogen and oxygen atoms in total. The van der Waals surface area contributed by atoms with E-state index in [0.29, 0.717) is 13.0 Å². The third-order valence-electron chi connectivity index (χ3n) is 2.31. The lowest BCUT2D eigenvalue weighted by atomic mass is 10.1. The van der Waals surface area contributed by atoms with Crippen LogP contribution in [-0.2, 0) is 0 Å². The zero-order chi connectivity index (χ0) is 10.4. The molecule has 0 spiro atoms. The van der Waals surface area contributed by atoms with Crippen molar-refractivity contribution < 1.29 is 4.79 Å². The van der Waals surface area contributed by atoms with Crippen molar-refractivity contribution in [3.05, 3.63) is 0 Å². The van der Waals surface area contributed by atoms with Crippen LogP contribution < -0.4 is 11.1 Å². The Hall–Kier alpha value is -1.26. The van der Waals surface area contributed by atoms with Gasteiger partial charge >= 0.3 is 6.03 Å². The summed E-state index contributed by atoms with van der Waals surface area (Å²) in [5, 5.41) is 9.75. The third-order valence-corrected chi connectivity index (χ3v) is 2.31. The van der Waals surface area contributed by atoms with Gasteiger partial charge in [-0.05, 0) is 19.3 Å². The van der Waals surface area contributed by atoms with Crippen LogP contribution in [0.5, 0.6) is 0 Å². The Kier molecular flexibility index (Phi) is 4.22. The lowest BCUT2D eigenvalue weighted by Crippen LogP contribution is -2.43. The van der Waals surface area contributed by atoms with Crippen LogP contribution in [0.3, 0.4) is 0 Å². The molecule has 1 heterocycles. The normalized spacial score (nSPS) is 16.4. The van der Waals surface area contributed by atoms with Crippen LogP contribution in [0.25, 0.3) is 0 Å². The predicted molar refractivity (Wildman–Crippen MR) is 55.4 cm³/mol. The second-order valence-corrected chi connectivity index (χ2v) is 3.55. The van der Waals surface area contributed by atoms with Gasteiger partial charge in [-0.2, -0.15) is 0 Å². The lowest BCUT2D eigenvalue weighted by molar-refractivity contribution is 0.187. The largest absolute Gasteiger partial charge is 0.388 e. The van der Waals surface area contributed by atoms with Gasteiger partial charge in [-0.3, -0.25) is 5.41 Å². The molecule has 1 aliphatic rings. The number of piperidine rings is 1. The molecule has 5 heteroatoms. The maximum atomic E-state index is 11.5. The van der Waals surface area contributed by atoms with Gasteiger partial charge in [-0.25, -0.2) is 4.79 Å². The zero-order valence-electron chi connectivity index (χ0n) is 8.38. The molecule has 0 bridgehead atoms. The van der Waals surface area contributed by atoms with Crippen LogP contribution in [0.15, 0.2) is 0 Å². The summed E-state index contributed by atoms with van der Waals surface area (Å²) in [6.07, 6.45) is 3.84. The van der Waals surface area contributed by atoms with Crippen LogP contribution >= 0.6 is 0 Å². The first-order valence-corrected chi connectivity index (χ1v) is 5.06. The number of likely N-dealkylation sites (tertiary alicyclic amines) is 1. The maximum Gasteiger partial charge on any atom is 0.317 e. The smallest absolute Gasteiger partial charge is 0.317 e. The first-order valence-electron chi connectivity index (χ1n) is 5.06. The van der Waals surface area contributed by atoms with Crippen LogP contribution in [0.1, 0.15) is 25.7 Å². The number of urea groups is 1. The maximum absolute atomic E-state index is 11.5. The fourth-order valence-electron chi connectivity index (χ4n) is 1.51. The van der Waals surface area contributed by atoms with Gasteiger partial charge < -0.3 is 16.0 Å². The number of nitrogens with two attached hydrogens (primary N) is 1. The van der Waals surface area contributed by atoms with E-state index in [2.05, 4.69) is 5.32 Å². The minimum Gasteiger partial charge on any atom is -0.388 e. The Morgan fingerprint density at radius 1 is 1.36 bits per heavy atom. The van der Waals surface area contributed by atoms with Crippen molar-refractivity contribution in [3.8, 4) is 0 Å². The fourth-order valence-corrected chi connectivity index (χ4v) is 1.51. The Morgan fingerprint density at radius 2 is 2.00 bits per heavy atom. The molecule has 2 amide bonds. The fraction of sp³-hybridized carbons (Fsp3) is 0.778. The lowest BCUT2D eigenvalue weighted by Gasteiger charge is -2.26. The van der Waals surface area contributed by atoms with Gasteiger partial charge in [0.25, 0.3) is 0 Å². The van der Waals surface area contributed by atoms with Crippen LogP contribution in [0.2, 0.25) is 0 Å². The number of amides is 2. The second kappa shape index (κ2) is 5.47. The van der Waals surface area contributed by atoms with Crippen molar-refractivity contribution in [1.82, 2.24) is 10.2 Å². The van der Waals surface area contributed by atoms with Crippen LogP contribution in [0.4, 0.5) is 4.79 Å². The Labute approximate surface area is 84.1 Å². The number of hydrogen-bond donors (Lipinski definition) is 3. The molecule has 1 fully saturated rings. The Balaban J connectivity index is 2.16. The highest BCUT2D eigenvalue weighted by molar-refractivity contribution is 5.78. The molecule has 14 heavy (non-hydrogen) atoms. The number of nitrogens with zero attached hydrogens (tertiary/aromatic N) is 1. The highest BCUT2D eigenvalue weighted by Crippen LogP contribution is 2.08. The van der Waals surface area contributed by atoms with Gasteiger partial charge in [0.1, 0.15) is 0 Å². The van der Waals surface area contributed by atoms with E-state index in [1.165, 1.54) is 6.42 Å². The summed E-state index contributed by atoms with van der Waals surface area (Å²) in [6.45, 7) is 2.17. The molecular formula is C9H18N4O. The van der Waals surface area contributed by atoms with Crippen molar-refractivity contribution in [2.75, 3.05) is 19.6 Å². The molecule has 0 aromatic heterocycles. The molecule has 0 radical (unpaired) electrons. The average molecular weight is 198 g/mol. The van der Waals surface area contributed by atoms with Gasteiger partial charge in [0, 0.05) is 26.1 Å². The monoisotopic (exact) mass is 198 g/mol. The first kappa shape index (κ1) is 10.8. The summed E-state index contributed by atoms with van der Waals surface area (Å²) in [6, 6.07) is -0.0223. The van der Waals surface area contributed by atoms with E-state index >= 15 is 0 Å². The van der Waals surface area contributed by atoms with E-state index < -0.39 is 0 Å².